The first-order valence-corrected chi connectivity index (χ1v) is 7.21. The van der Waals surface area contributed by atoms with Gasteiger partial charge in [0.05, 0.1) is 0 Å². The highest BCUT2D eigenvalue weighted by molar-refractivity contribution is 9.10. The van der Waals surface area contributed by atoms with Gasteiger partial charge >= 0.3 is 0 Å². The fourth-order valence-electron chi connectivity index (χ4n) is 1.35. The van der Waals surface area contributed by atoms with Crippen LogP contribution in [0.25, 0.3) is 12.2 Å². The van der Waals surface area contributed by atoms with Gasteiger partial charge < -0.3 is 0 Å². The van der Waals surface area contributed by atoms with Crippen molar-refractivity contribution < 1.29 is 0 Å². The van der Waals surface area contributed by atoms with Gasteiger partial charge in [-0.2, -0.15) is 11.3 Å². The minimum Gasteiger partial charge on any atom is -0.152 e. The number of rotatable bonds is 2. The standard InChI is InChI=1S/C16H11BrS/c17-16-10-6-5-9-15(16)8-4-2-1-3-7-14-11-12-18-13-14/h3-13H/b7-3-,8-4-. The highest BCUT2D eigenvalue weighted by Gasteiger charge is 1.90. The Kier molecular flexibility index (Phi) is 5.01. The molecule has 0 amide bonds. The van der Waals surface area contributed by atoms with Crippen molar-refractivity contribution in [3.8, 4) is 11.8 Å². The summed E-state index contributed by atoms with van der Waals surface area (Å²) >= 11 is 5.18. The second kappa shape index (κ2) is 7.00. The molecular formula is C16H11BrS. The average molecular weight is 315 g/mol. The van der Waals surface area contributed by atoms with Crippen molar-refractivity contribution in [2.75, 3.05) is 0 Å². The molecule has 2 aromatic rings. The number of allylic oxidation sites excluding steroid dienone is 2. The lowest BCUT2D eigenvalue weighted by Crippen LogP contribution is -1.72. The zero-order valence-electron chi connectivity index (χ0n) is 9.64. The Balaban J connectivity index is 1.94. The Morgan fingerprint density at radius 1 is 1.00 bits per heavy atom. The van der Waals surface area contributed by atoms with E-state index in [1.807, 2.05) is 48.6 Å². The van der Waals surface area contributed by atoms with Crippen molar-refractivity contribution in [1.82, 2.24) is 0 Å². The molecule has 2 rings (SSSR count). The van der Waals surface area contributed by atoms with Crippen molar-refractivity contribution in [2.45, 2.75) is 0 Å². The highest BCUT2D eigenvalue weighted by atomic mass is 79.9. The van der Waals surface area contributed by atoms with Gasteiger partial charge in [0.15, 0.2) is 0 Å². The van der Waals surface area contributed by atoms with Crippen LogP contribution in [0.5, 0.6) is 0 Å². The molecule has 0 aliphatic heterocycles. The van der Waals surface area contributed by atoms with E-state index in [2.05, 4.69) is 44.6 Å². The van der Waals surface area contributed by atoms with Gasteiger partial charge in [0.2, 0.25) is 0 Å². The quantitative estimate of drug-likeness (QED) is 0.665. The molecule has 0 saturated heterocycles. The molecule has 1 aromatic heterocycles. The SMILES string of the molecule is Brc1ccccc1/C=C\C#C/C=C\c1ccsc1. The van der Waals surface area contributed by atoms with Gasteiger partial charge in [0.25, 0.3) is 0 Å². The summed E-state index contributed by atoms with van der Waals surface area (Å²) in [6.45, 7) is 0. The lowest BCUT2D eigenvalue weighted by Gasteiger charge is -1.94. The topological polar surface area (TPSA) is 0 Å². The molecule has 18 heavy (non-hydrogen) atoms. The molecule has 1 heterocycles. The van der Waals surface area contributed by atoms with Gasteiger partial charge in [0, 0.05) is 4.47 Å². The third kappa shape index (κ3) is 4.03. The molecular weight excluding hydrogens is 304 g/mol. The van der Waals surface area contributed by atoms with Crippen molar-refractivity contribution in [3.63, 3.8) is 0 Å². The van der Waals surface area contributed by atoms with Gasteiger partial charge in [-0.3, -0.25) is 0 Å². The zero-order valence-corrected chi connectivity index (χ0v) is 12.0. The van der Waals surface area contributed by atoms with Crippen LogP contribution in [-0.2, 0) is 0 Å². The van der Waals surface area contributed by atoms with E-state index in [1.165, 1.54) is 5.56 Å². The van der Waals surface area contributed by atoms with E-state index >= 15 is 0 Å². The summed E-state index contributed by atoms with van der Waals surface area (Å²) < 4.78 is 1.08. The van der Waals surface area contributed by atoms with Crippen LogP contribution in [0.3, 0.4) is 0 Å². The summed E-state index contributed by atoms with van der Waals surface area (Å²) in [7, 11) is 0. The smallest absolute Gasteiger partial charge is 0.0247 e. The highest BCUT2D eigenvalue weighted by Crippen LogP contribution is 2.16. The second-order valence-corrected chi connectivity index (χ2v) is 5.17. The third-order valence-corrected chi connectivity index (χ3v) is 3.66. The van der Waals surface area contributed by atoms with Crippen molar-refractivity contribution in [2.24, 2.45) is 0 Å². The van der Waals surface area contributed by atoms with E-state index in [0.717, 1.165) is 10.0 Å². The number of thiophene rings is 1. The third-order valence-electron chi connectivity index (χ3n) is 2.24. The lowest BCUT2D eigenvalue weighted by atomic mass is 10.2. The molecule has 0 aliphatic rings. The van der Waals surface area contributed by atoms with Gasteiger partial charge in [-0.25, -0.2) is 0 Å². The summed E-state index contributed by atoms with van der Waals surface area (Å²) in [4.78, 5) is 0. The predicted molar refractivity (Wildman–Crippen MR) is 84.3 cm³/mol. The fraction of sp³-hybridized carbons (Fsp3) is 0. The molecule has 0 radical (unpaired) electrons. The molecule has 0 aliphatic carbocycles. The Bertz CT molecular complexity index is 610. The van der Waals surface area contributed by atoms with Crippen molar-refractivity contribution in [1.29, 1.82) is 0 Å². The summed E-state index contributed by atoms with van der Waals surface area (Å²) in [5.74, 6) is 5.97. The van der Waals surface area contributed by atoms with Crippen LogP contribution < -0.4 is 0 Å². The monoisotopic (exact) mass is 314 g/mol. The van der Waals surface area contributed by atoms with E-state index in [1.54, 1.807) is 11.3 Å². The molecule has 88 valence electrons. The minimum absolute atomic E-state index is 1.08. The summed E-state index contributed by atoms with van der Waals surface area (Å²) in [6, 6.07) is 10.1. The molecule has 1 aromatic carbocycles. The first-order valence-electron chi connectivity index (χ1n) is 5.47. The molecule has 0 N–H and O–H groups in total. The van der Waals surface area contributed by atoms with Crippen molar-refractivity contribution in [3.05, 3.63) is 68.8 Å². The first-order chi connectivity index (χ1) is 8.86. The molecule has 0 fully saturated rings. The van der Waals surface area contributed by atoms with E-state index in [4.69, 9.17) is 0 Å². The maximum Gasteiger partial charge on any atom is 0.0247 e. The zero-order chi connectivity index (χ0) is 12.6. The van der Waals surface area contributed by atoms with Crippen LogP contribution in [0.4, 0.5) is 0 Å². The van der Waals surface area contributed by atoms with E-state index in [-0.39, 0.29) is 0 Å². The second-order valence-electron chi connectivity index (χ2n) is 3.53. The van der Waals surface area contributed by atoms with Crippen LogP contribution in [0, 0.1) is 11.8 Å². The Morgan fingerprint density at radius 2 is 1.78 bits per heavy atom. The van der Waals surface area contributed by atoms with E-state index < -0.39 is 0 Å². The van der Waals surface area contributed by atoms with Crippen LogP contribution >= 0.6 is 27.3 Å². The van der Waals surface area contributed by atoms with Gasteiger partial charge in [0.1, 0.15) is 0 Å². The van der Waals surface area contributed by atoms with Crippen molar-refractivity contribution >= 4 is 39.4 Å². The average Bonchev–Trinajstić information content (AvgIpc) is 2.89. The Hall–Kier alpha value is -1.56. The minimum atomic E-state index is 1.08. The normalized spacial score (nSPS) is 10.7. The summed E-state index contributed by atoms with van der Waals surface area (Å²) in [5.41, 5.74) is 2.33. The molecule has 0 unspecified atom stereocenters. The van der Waals surface area contributed by atoms with Crippen LogP contribution in [0.15, 0.2) is 57.7 Å². The fourth-order valence-corrected chi connectivity index (χ4v) is 2.39. The Morgan fingerprint density at radius 3 is 2.50 bits per heavy atom. The lowest BCUT2D eigenvalue weighted by molar-refractivity contribution is 1.60. The first kappa shape index (κ1) is 12.9. The Labute approximate surface area is 120 Å². The summed E-state index contributed by atoms with van der Waals surface area (Å²) in [6.07, 6.45) is 7.73. The molecule has 0 bridgehead atoms. The molecule has 2 heteroatoms. The molecule has 0 nitrogen and oxygen atoms in total. The van der Waals surface area contributed by atoms with E-state index in [0.29, 0.717) is 0 Å². The molecule has 0 saturated carbocycles. The van der Waals surface area contributed by atoms with Gasteiger partial charge in [-0.15, -0.1) is 0 Å². The maximum absolute atomic E-state index is 3.49. The maximum atomic E-state index is 3.49. The molecule has 0 atom stereocenters. The van der Waals surface area contributed by atoms with Gasteiger partial charge in [-0.05, 0) is 58.3 Å². The molecule has 0 spiro atoms. The van der Waals surface area contributed by atoms with E-state index in [9.17, 15) is 0 Å². The number of halogens is 1. The van der Waals surface area contributed by atoms with Gasteiger partial charge in [-0.1, -0.05) is 46.0 Å². The predicted octanol–water partition coefficient (Wildman–Crippen LogP) is 5.24. The van der Waals surface area contributed by atoms with Crippen LogP contribution in [0.1, 0.15) is 11.1 Å². The number of benzene rings is 1. The largest absolute Gasteiger partial charge is 0.152 e. The van der Waals surface area contributed by atoms with Crippen LogP contribution in [0.2, 0.25) is 0 Å². The van der Waals surface area contributed by atoms with Crippen LogP contribution in [-0.4, -0.2) is 0 Å². The number of hydrogen-bond acceptors (Lipinski definition) is 1. The summed E-state index contributed by atoms with van der Waals surface area (Å²) in [5, 5.41) is 4.15. The number of hydrogen-bond donors (Lipinski definition) is 0.